The minimum atomic E-state index is 0.257. The van der Waals surface area contributed by atoms with Crippen LogP contribution in [0.5, 0.6) is 0 Å². The molecule has 1 aromatic rings. The Balaban J connectivity index is 1.40. The van der Waals surface area contributed by atoms with Gasteiger partial charge in [-0.2, -0.15) is 0 Å². The van der Waals surface area contributed by atoms with Crippen molar-refractivity contribution in [3.05, 3.63) is 35.9 Å². The van der Waals surface area contributed by atoms with Crippen molar-refractivity contribution in [3.63, 3.8) is 0 Å². The molecule has 0 N–H and O–H groups in total. The highest BCUT2D eigenvalue weighted by atomic mass is 16.2. The largest absolute Gasteiger partial charge is 0.338 e. The smallest absolute Gasteiger partial charge is 0.253 e. The van der Waals surface area contributed by atoms with Crippen molar-refractivity contribution in [2.24, 2.45) is 35.5 Å². The second-order valence-corrected chi connectivity index (χ2v) is 7.37. The second-order valence-electron chi connectivity index (χ2n) is 7.37. The van der Waals surface area contributed by atoms with Gasteiger partial charge in [0.25, 0.3) is 5.91 Å². The topological polar surface area (TPSA) is 20.3 Å². The van der Waals surface area contributed by atoms with Gasteiger partial charge in [0.15, 0.2) is 0 Å². The van der Waals surface area contributed by atoms with Gasteiger partial charge >= 0.3 is 0 Å². The number of amides is 1. The lowest BCUT2D eigenvalue weighted by Crippen LogP contribution is -2.40. The summed E-state index contributed by atoms with van der Waals surface area (Å²) in [5.74, 6) is 5.89. The summed E-state index contributed by atoms with van der Waals surface area (Å²) in [6.45, 7) is 2.06. The van der Waals surface area contributed by atoms with Crippen LogP contribution in [0.25, 0.3) is 0 Å². The number of likely N-dealkylation sites (tertiary alicyclic amines) is 1. The number of carbonyl (C=O) groups is 1. The van der Waals surface area contributed by atoms with Crippen LogP contribution >= 0.6 is 0 Å². The van der Waals surface area contributed by atoms with E-state index in [1.165, 1.54) is 19.3 Å². The summed E-state index contributed by atoms with van der Waals surface area (Å²) in [7, 11) is 0. The van der Waals surface area contributed by atoms with Crippen molar-refractivity contribution < 1.29 is 4.79 Å². The molecular weight excluding hydrogens is 246 g/mol. The number of carbonyl (C=O) groups excluding carboxylic acids is 1. The van der Waals surface area contributed by atoms with E-state index in [0.717, 1.165) is 54.2 Å². The van der Waals surface area contributed by atoms with Crippen molar-refractivity contribution in [2.75, 3.05) is 13.1 Å². The summed E-state index contributed by atoms with van der Waals surface area (Å²) < 4.78 is 0. The van der Waals surface area contributed by atoms with E-state index < -0.39 is 0 Å². The first-order valence-corrected chi connectivity index (χ1v) is 8.17. The van der Waals surface area contributed by atoms with Crippen LogP contribution in [0.4, 0.5) is 0 Å². The molecule has 104 valence electrons. The van der Waals surface area contributed by atoms with Gasteiger partial charge in [0.2, 0.25) is 0 Å². The van der Waals surface area contributed by atoms with E-state index in [-0.39, 0.29) is 5.91 Å². The van der Waals surface area contributed by atoms with Crippen LogP contribution < -0.4 is 0 Å². The monoisotopic (exact) mass is 267 g/mol. The molecule has 1 aliphatic heterocycles. The molecule has 0 spiro atoms. The van der Waals surface area contributed by atoms with Gasteiger partial charge in [-0.3, -0.25) is 4.79 Å². The number of rotatable bonds is 1. The molecule has 0 aromatic heterocycles. The van der Waals surface area contributed by atoms with E-state index in [4.69, 9.17) is 0 Å². The van der Waals surface area contributed by atoms with Gasteiger partial charge in [-0.15, -0.1) is 0 Å². The summed E-state index contributed by atoms with van der Waals surface area (Å²) in [5, 5.41) is 0. The SMILES string of the molecule is O=C(c1ccccc1)N1CC2C3CCC(C4CC34)C2C1. The van der Waals surface area contributed by atoms with Crippen molar-refractivity contribution >= 4 is 5.91 Å². The minimum absolute atomic E-state index is 0.257. The van der Waals surface area contributed by atoms with Crippen molar-refractivity contribution in [2.45, 2.75) is 19.3 Å². The lowest BCUT2D eigenvalue weighted by Gasteiger charge is -2.44. The Morgan fingerprint density at radius 3 is 2.05 bits per heavy atom. The highest BCUT2D eigenvalue weighted by Crippen LogP contribution is 2.67. The fourth-order valence-corrected chi connectivity index (χ4v) is 5.79. The lowest BCUT2D eigenvalue weighted by molar-refractivity contribution is 0.0464. The Morgan fingerprint density at radius 1 is 0.850 bits per heavy atom. The Hall–Kier alpha value is -1.31. The van der Waals surface area contributed by atoms with E-state index in [9.17, 15) is 4.79 Å². The van der Waals surface area contributed by atoms with Gasteiger partial charge in [-0.25, -0.2) is 0 Å². The van der Waals surface area contributed by atoms with Crippen LogP contribution in [0, 0.1) is 35.5 Å². The molecule has 1 amide bonds. The third-order valence-corrected chi connectivity index (χ3v) is 6.64. The molecule has 6 unspecified atom stereocenters. The molecule has 0 radical (unpaired) electrons. The summed E-state index contributed by atoms with van der Waals surface area (Å²) in [6, 6.07) is 9.82. The summed E-state index contributed by atoms with van der Waals surface area (Å²) in [6.07, 6.45) is 4.40. The average Bonchev–Trinajstić information content (AvgIpc) is 3.20. The molecule has 4 aliphatic carbocycles. The van der Waals surface area contributed by atoms with E-state index in [1.54, 1.807) is 0 Å². The van der Waals surface area contributed by atoms with Crippen molar-refractivity contribution in [1.82, 2.24) is 4.90 Å². The maximum absolute atomic E-state index is 12.6. The van der Waals surface area contributed by atoms with E-state index >= 15 is 0 Å². The van der Waals surface area contributed by atoms with Crippen LogP contribution in [-0.2, 0) is 0 Å². The minimum Gasteiger partial charge on any atom is -0.338 e. The standard InChI is InChI=1S/C18H21NO/c20-18(11-4-2-1-3-5-11)19-9-16-12-6-7-13(17(16)10-19)15-8-14(12)15/h1-5,12-17H,6-10H2. The second kappa shape index (κ2) is 3.87. The third-order valence-electron chi connectivity index (χ3n) is 6.64. The van der Waals surface area contributed by atoms with Crippen LogP contribution in [0.15, 0.2) is 30.3 Å². The fraction of sp³-hybridized carbons (Fsp3) is 0.611. The van der Waals surface area contributed by atoms with Gasteiger partial charge in [0, 0.05) is 18.7 Å². The molecule has 2 nitrogen and oxygen atoms in total. The third kappa shape index (κ3) is 1.43. The fourth-order valence-electron chi connectivity index (χ4n) is 5.79. The Kier molecular flexibility index (Phi) is 2.20. The van der Waals surface area contributed by atoms with Crippen LogP contribution in [0.3, 0.4) is 0 Å². The molecule has 4 saturated carbocycles. The molecule has 6 rings (SSSR count). The number of fused-ring (bicyclic) bond motifs is 1. The molecular formula is C18H21NO. The van der Waals surface area contributed by atoms with Gasteiger partial charge in [0.1, 0.15) is 0 Å². The Morgan fingerprint density at radius 2 is 1.45 bits per heavy atom. The first kappa shape index (κ1) is 11.4. The molecule has 5 fully saturated rings. The number of hydrogen-bond donors (Lipinski definition) is 0. The van der Waals surface area contributed by atoms with E-state index in [2.05, 4.69) is 4.90 Å². The molecule has 6 atom stereocenters. The lowest BCUT2D eigenvalue weighted by atomic mass is 9.60. The van der Waals surface area contributed by atoms with Crippen LogP contribution in [0.2, 0.25) is 0 Å². The molecule has 1 heterocycles. The first-order valence-electron chi connectivity index (χ1n) is 8.17. The quantitative estimate of drug-likeness (QED) is 0.766. The van der Waals surface area contributed by atoms with Gasteiger partial charge in [-0.05, 0) is 66.9 Å². The molecule has 5 aliphatic rings. The zero-order valence-electron chi connectivity index (χ0n) is 11.7. The van der Waals surface area contributed by atoms with Crippen molar-refractivity contribution in [3.8, 4) is 0 Å². The maximum atomic E-state index is 12.6. The first-order chi connectivity index (χ1) is 9.83. The predicted molar refractivity (Wildman–Crippen MR) is 77.1 cm³/mol. The van der Waals surface area contributed by atoms with E-state index in [0.29, 0.717) is 0 Å². The summed E-state index contributed by atoms with van der Waals surface area (Å²) in [4.78, 5) is 14.8. The van der Waals surface area contributed by atoms with Crippen LogP contribution in [0.1, 0.15) is 29.6 Å². The normalized spacial score (nSPS) is 44.1. The molecule has 1 saturated heterocycles. The van der Waals surface area contributed by atoms with Gasteiger partial charge in [0.05, 0.1) is 0 Å². The molecule has 2 bridgehead atoms. The molecule has 20 heavy (non-hydrogen) atoms. The predicted octanol–water partition coefficient (Wildman–Crippen LogP) is 3.05. The Labute approximate surface area is 120 Å². The number of benzene rings is 1. The zero-order valence-corrected chi connectivity index (χ0v) is 11.7. The highest BCUT2D eigenvalue weighted by Gasteiger charge is 2.63. The summed E-state index contributed by atoms with van der Waals surface area (Å²) >= 11 is 0. The molecule has 1 aromatic carbocycles. The Bertz CT molecular complexity index is 530. The van der Waals surface area contributed by atoms with E-state index in [1.807, 2.05) is 30.3 Å². The highest BCUT2D eigenvalue weighted by molar-refractivity contribution is 5.94. The zero-order chi connectivity index (χ0) is 13.3. The van der Waals surface area contributed by atoms with Gasteiger partial charge < -0.3 is 4.90 Å². The number of nitrogens with zero attached hydrogens (tertiary/aromatic N) is 1. The number of hydrogen-bond acceptors (Lipinski definition) is 1. The van der Waals surface area contributed by atoms with Gasteiger partial charge in [-0.1, -0.05) is 18.2 Å². The summed E-state index contributed by atoms with van der Waals surface area (Å²) in [5.41, 5.74) is 0.864. The van der Waals surface area contributed by atoms with Crippen LogP contribution in [-0.4, -0.2) is 23.9 Å². The van der Waals surface area contributed by atoms with Crippen molar-refractivity contribution in [1.29, 1.82) is 0 Å². The molecule has 2 heteroatoms. The average molecular weight is 267 g/mol. The maximum Gasteiger partial charge on any atom is 0.253 e.